The van der Waals surface area contributed by atoms with Crippen molar-refractivity contribution in [2.24, 2.45) is 17.4 Å². The second-order valence-electron chi connectivity index (χ2n) is 30.6. The lowest BCUT2D eigenvalue weighted by Crippen LogP contribution is -2.64. The average molecular weight is 1720 g/mol. The fraction of sp³-hybridized carbons (Fsp3) is 0.354. The third kappa shape index (κ3) is 19.1. The molecule has 15 rings (SSSR count). The number of para-hydroxylation sites is 1. The molecule has 18 atom stereocenters. The van der Waals surface area contributed by atoms with Crippen LogP contribution in [0.5, 0.6) is 46.0 Å². The van der Waals surface area contributed by atoms with Gasteiger partial charge in [0.2, 0.25) is 65.2 Å². The highest BCUT2D eigenvalue weighted by atomic mass is 35.5. The minimum Gasteiger partial charge on any atom is -0.508 e. The van der Waals surface area contributed by atoms with E-state index in [1.54, 1.807) is 35.1 Å². The van der Waals surface area contributed by atoms with Crippen molar-refractivity contribution < 1.29 is 118 Å². The van der Waals surface area contributed by atoms with Crippen LogP contribution in [0.1, 0.15) is 105 Å². The van der Waals surface area contributed by atoms with Crippen LogP contribution in [0.4, 0.5) is 5.69 Å². The van der Waals surface area contributed by atoms with E-state index in [0.29, 0.717) is 11.3 Å². The van der Waals surface area contributed by atoms with Crippen molar-refractivity contribution in [3.8, 4) is 74.1 Å². The molecule has 40 heteroatoms. The van der Waals surface area contributed by atoms with E-state index in [9.17, 15) is 60.3 Å². The maximum absolute atomic E-state index is 16.3. The summed E-state index contributed by atoms with van der Waals surface area (Å²) in [5, 5.41) is 136. The highest BCUT2D eigenvalue weighted by Gasteiger charge is 2.52. The Morgan fingerprint density at radius 2 is 1.34 bits per heavy atom. The fourth-order valence-electron chi connectivity index (χ4n) is 14.8. The average Bonchev–Trinajstić information content (AvgIpc) is 0.840. The molecule has 8 heterocycles. The van der Waals surface area contributed by atoms with Crippen LogP contribution in [0.25, 0.3) is 28.1 Å². The first-order valence-corrected chi connectivity index (χ1v) is 39.2. The molecular weight excluding hydrogens is 1640 g/mol. The minimum atomic E-state index is -2.38. The Bertz CT molecular complexity index is 5340. The van der Waals surface area contributed by atoms with Gasteiger partial charge in [0, 0.05) is 40.4 Å². The van der Waals surface area contributed by atoms with Crippen molar-refractivity contribution in [3.63, 3.8) is 0 Å². The Morgan fingerprint density at radius 1 is 0.705 bits per heavy atom. The van der Waals surface area contributed by atoms with E-state index in [2.05, 4.69) is 58.2 Å². The monoisotopic (exact) mass is 1720 g/mol. The number of hydrogen-bond acceptors (Lipinski definition) is 28. The quantitative estimate of drug-likeness (QED) is 0.0584. The minimum absolute atomic E-state index is 0.114. The van der Waals surface area contributed by atoms with E-state index in [1.807, 2.05) is 44.2 Å². The third-order valence-electron chi connectivity index (χ3n) is 21.2. The molecule has 8 aromatic rings. The SMILES string of the molecule is CNC(CC(C)C)C(=O)NC1C(=O)NC(CC(N)=O)C(=O)NC2C(=O)NC3C(=O)NC(C(=O)NC(C(=O)NCC(=O)Nc4ccc(-c5cn(-c6ccccc6)nn5)cc4)c4cc(O)cc(O)c4-c4cc3ccc4O)C(O)c3ccc(c(Cl)c3)Oc3cc2cc(c3OC2OC(CO)C(O)C(O)C2OC2CC(C)(N)C(O)C(C)O2)Oc2ccc(cc2Cl)C1O. The molecule has 644 valence electrons. The molecule has 9 amide bonds. The Kier molecular flexibility index (Phi) is 26.3. The number of fused-ring (bicyclic) bond motifs is 15. The molecule has 7 aromatic carbocycles. The first-order valence-electron chi connectivity index (χ1n) is 38.4. The van der Waals surface area contributed by atoms with E-state index in [1.165, 1.54) is 33.0 Å². The van der Waals surface area contributed by atoms with Gasteiger partial charge < -0.3 is 134 Å². The van der Waals surface area contributed by atoms with Gasteiger partial charge in [0.1, 0.15) is 101 Å². The molecule has 2 fully saturated rings. The van der Waals surface area contributed by atoms with Crippen LogP contribution in [-0.4, -0.2) is 213 Å². The number of phenols is 3. The van der Waals surface area contributed by atoms with E-state index in [-0.39, 0.29) is 51.9 Å². The number of rotatable bonds is 18. The number of aromatic nitrogens is 3. The van der Waals surface area contributed by atoms with Gasteiger partial charge in [0.05, 0.1) is 59.8 Å². The number of carbonyl (C=O) groups is 9. The van der Waals surface area contributed by atoms with Crippen LogP contribution in [0.15, 0.2) is 140 Å². The number of aromatic hydroxyl groups is 3. The van der Waals surface area contributed by atoms with Gasteiger partial charge in [0.15, 0.2) is 23.9 Å². The maximum Gasteiger partial charge on any atom is 0.248 e. The number of hydrogen-bond donors (Lipinski definition) is 20. The summed E-state index contributed by atoms with van der Waals surface area (Å²) in [6, 6.07) is 15.0. The van der Waals surface area contributed by atoms with Gasteiger partial charge in [-0.1, -0.05) is 90.8 Å². The molecule has 0 saturated carbocycles. The number of halogens is 2. The molecule has 0 spiro atoms. The van der Waals surface area contributed by atoms with Crippen molar-refractivity contribution in [1.29, 1.82) is 0 Å². The number of aliphatic hydroxyl groups is 6. The highest BCUT2D eigenvalue weighted by Crippen LogP contribution is 2.50. The van der Waals surface area contributed by atoms with Crippen LogP contribution in [-0.2, 0) is 57.4 Å². The normalized spacial score (nSPS) is 26.3. The number of nitrogens with zero attached hydrogens (tertiary/aromatic N) is 3. The Balaban J connectivity index is 0.953. The molecule has 7 aliphatic rings. The molecule has 7 aliphatic heterocycles. The van der Waals surface area contributed by atoms with E-state index < -0.39 is 250 Å². The van der Waals surface area contributed by atoms with Crippen molar-refractivity contribution in [2.75, 3.05) is 25.5 Å². The van der Waals surface area contributed by atoms with Gasteiger partial charge >= 0.3 is 0 Å². The van der Waals surface area contributed by atoms with Crippen molar-refractivity contribution >= 4 is 82.1 Å². The van der Waals surface area contributed by atoms with E-state index in [4.69, 9.17) is 63.1 Å². The standard InChI is InChI=1S/C82H88Cl2N14O24/c1-34(2)21-48(87-5)74(110)94-65-67(105)38-14-19-53(46(83)23-38)118-55-25-40-26-56(71(55)122-81-72(70(108)69(107)57(33-99)120-81)121-60-30-82(4,86)73(109)35(3)117-60)119-54-20-15-39(24-47(54)84)68(106)66-80(116)93-64(76(112)88-31-59(104)89-41-16-11-36(12-17-41)50-32-98(97-96-50)42-9-7-6-8-10-42)45-27-43(100)28-52(102)61(45)44-22-37(13-18-51(44)101)62(77(113)95-66)92-78(114)63(40)91-75(111)49(29-58(85)103)90-79(65)115/h6-20,22-28,32,34-35,48-49,57,60,62-70,72-73,81,87,99-102,105-109H,21,29-31,33,86H2,1-5H3,(H2,85,103)(H,88,112)(H,89,104)(H,90,115)(H,91,111)(H,92,114)(H,93,116)(H,94,110)(H,95,113). The van der Waals surface area contributed by atoms with Crippen LogP contribution in [0.3, 0.4) is 0 Å². The Hall–Kier alpha value is -12.2. The van der Waals surface area contributed by atoms with Gasteiger partial charge in [-0.25, -0.2) is 4.68 Å². The molecule has 22 N–H and O–H groups in total. The number of likely N-dealkylation sites (N-methyl/N-ethyl adjacent to an activating group) is 1. The first kappa shape index (κ1) is 87.7. The van der Waals surface area contributed by atoms with Crippen molar-refractivity contribution in [3.05, 3.63) is 178 Å². The Morgan fingerprint density at radius 3 is 1.98 bits per heavy atom. The molecular formula is C82H88Cl2N14O24. The fourth-order valence-corrected chi connectivity index (χ4v) is 15.3. The lowest BCUT2D eigenvalue weighted by molar-refractivity contribution is -0.333. The van der Waals surface area contributed by atoms with Crippen molar-refractivity contribution in [2.45, 2.75) is 156 Å². The van der Waals surface area contributed by atoms with Gasteiger partial charge in [-0.15, -0.1) is 5.10 Å². The second kappa shape index (κ2) is 36.7. The van der Waals surface area contributed by atoms with Crippen LogP contribution in [0, 0.1) is 5.92 Å². The number of amides is 9. The summed E-state index contributed by atoms with van der Waals surface area (Å²) in [5.74, 6) is -16.4. The van der Waals surface area contributed by atoms with E-state index in [0.717, 1.165) is 72.4 Å². The topological polar surface area (TPSA) is 582 Å². The number of ether oxygens (including phenoxy) is 6. The number of benzene rings is 7. The molecule has 0 radical (unpaired) electrons. The number of phenolic OH excluding ortho intramolecular Hbond substituents is 3. The second-order valence-corrected chi connectivity index (χ2v) is 31.4. The summed E-state index contributed by atoms with van der Waals surface area (Å²) in [6.07, 6.45) is -17.1. The van der Waals surface area contributed by atoms with Gasteiger partial charge in [-0.2, -0.15) is 0 Å². The van der Waals surface area contributed by atoms with Gasteiger partial charge in [-0.3, -0.25) is 43.2 Å². The molecule has 38 nitrogen and oxygen atoms in total. The Labute approximate surface area is 704 Å². The third-order valence-corrected chi connectivity index (χ3v) is 21.8. The maximum atomic E-state index is 16.3. The summed E-state index contributed by atoms with van der Waals surface area (Å²) in [5.41, 5.74) is 10.2. The van der Waals surface area contributed by atoms with Crippen LogP contribution < -0.4 is 73.5 Å². The van der Waals surface area contributed by atoms with Crippen LogP contribution >= 0.6 is 23.2 Å². The molecule has 11 bridgehead atoms. The summed E-state index contributed by atoms with van der Waals surface area (Å²) in [4.78, 5) is 135. The summed E-state index contributed by atoms with van der Waals surface area (Å²) >= 11 is 14.3. The highest BCUT2D eigenvalue weighted by molar-refractivity contribution is 6.32. The summed E-state index contributed by atoms with van der Waals surface area (Å²) in [7, 11) is 1.47. The molecule has 2 saturated heterocycles. The zero-order valence-electron chi connectivity index (χ0n) is 65.6. The number of nitrogens with two attached hydrogens (primary N) is 2. The molecule has 0 aliphatic carbocycles. The number of anilines is 1. The van der Waals surface area contributed by atoms with Crippen molar-refractivity contribution in [1.82, 2.24) is 57.5 Å². The molecule has 122 heavy (non-hydrogen) atoms. The zero-order valence-corrected chi connectivity index (χ0v) is 67.1. The molecule has 1 aromatic heterocycles. The van der Waals surface area contributed by atoms with Crippen LogP contribution in [0.2, 0.25) is 10.0 Å². The van der Waals surface area contributed by atoms with Gasteiger partial charge in [0.25, 0.3) is 0 Å². The largest absolute Gasteiger partial charge is 0.508 e. The van der Waals surface area contributed by atoms with Gasteiger partial charge in [-0.05, 0) is 140 Å². The first-order chi connectivity index (χ1) is 58.0. The summed E-state index contributed by atoms with van der Waals surface area (Å²) in [6.45, 7) is 4.81. The van der Waals surface area contributed by atoms with E-state index >= 15 is 28.8 Å². The number of carbonyl (C=O) groups excluding carboxylic acids is 9. The predicted molar refractivity (Wildman–Crippen MR) is 430 cm³/mol. The smallest absolute Gasteiger partial charge is 0.248 e. The lowest BCUT2D eigenvalue weighted by Gasteiger charge is -2.47. The molecule has 18 unspecified atom stereocenters. The zero-order chi connectivity index (χ0) is 87.6. The predicted octanol–water partition coefficient (Wildman–Crippen LogP) is 2.02. The number of aliphatic hydroxyl groups excluding tert-OH is 6. The number of primary amides is 1. The lowest BCUT2D eigenvalue weighted by atomic mass is 9.86. The number of nitrogens with one attached hydrogen (secondary N) is 9. The summed E-state index contributed by atoms with van der Waals surface area (Å²) < 4.78 is 40.2.